The Kier molecular flexibility index (Phi) is 13.0. The molecular weight excluding hydrogens is 553 g/mol. The number of carbonyl (C=O) groups excluding carboxylic acids is 1. The first-order valence-corrected chi connectivity index (χ1v) is 13.7. The van der Waals surface area contributed by atoms with Crippen molar-refractivity contribution >= 4 is 45.5 Å². The van der Waals surface area contributed by atoms with Crippen molar-refractivity contribution in [1.82, 2.24) is 4.90 Å². The van der Waals surface area contributed by atoms with Crippen molar-refractivity contribution in [2.75, 3.05) is 4.90 Å². The summed E-state index contributed by atoms with van der Waals surface area (Å²) in [4.78, 5) is 14.4. The second-order valence-electron chi connectivity index (χ2n) is 7.39. The second-order valence-corrected chi connectivity index (χ2v) is 8.64. The van der Waals surface area contributed by atoms with Crippen molar-refractivity contribution in [2.45, 2.75) is 41.2 Å². The summed E-state index contributed by atoms with van der Waals surface area (Å²) in [5.74, 6) is -0.0625. The number of aliphatic hydroxyl groups excluding tert-OH is 1. The van der Waals surface area contributed by atoms with Gasteiger partial charge in [0.1, 0.15) is 0 Å². The molecule has 2 aromatic rings. The molecule has 1 aliphatic rings. The number of rotatable bonds is 5. The van der Waals surface area contributed by atoms with Gasteiger partial charge in [0.05, 0.1) is 5.76 Å². The molecule has 0 fully saturated rings. The van der Waals surface area contributed by atoms with Gasteiger partial charge in [-0.2, -0.15) is 6.67 Å². The van der Waals surface area contributed by atoms with Crippen LogP contribution < -0.4 is 10.2 Å². The Labute approximate surface area is 213 Å². The first-order valence-electron chi connectivity index (χ1n) is 9.77. The third-order valence-corrected chi connectivity index (χ3v) is 5.55. The van der Waals surface area contributed by atoms with Crippen LogP contribution in [0.1, 0.15) is 36.1 Å². The van der Waals surface area contributed by atoms with Gasteiger partial charge in [-0.25, -0.2) is 0 Å². The SMILES string of the molecule is CC(=O)/C=C(/C)O.Cc1cc(C)c(N2C=CN(Cc3ccc(P=S)cc3)[CH-]2)c(C)c1.[Cl][Pd+]. The number of halogens is 1. The van der Waals surface area contributed by atoms with Gasteiger partial charge in [-0.15, -0.1) is 0 Å². The predicted molar refractivity (Wildman–Crippen MR) is 135 cm³/mol. The predicted octanol–water partition coefficient (Wildman–Crippen LogP) is 6.28. The Morgan fingerprint density at radius 3 is 2.12 bits per heavy atom. The van der Waals surface area contributed by atoms with E-state index in [1.54, 1.807) is 0 Å². The van der Waals surface area contributed by atoms with E-state index in [-0.39, 0.29) is 11.5 Å². The summed E-state index contributed by atoms with van der Waals surface area (Å²) in [6.45, 7) is 12.4. The molecular formula is C24H28ClN2O2PPdS. The summed E-state index contributed by atoms with van der Waals surface area (Å²) in [6.07, 6.45) is 5.42. The van der Waals surface area contributed by atoms with Crippen LogP contribution in [0.5, 0.6) is 0 Å². The number of nitrogens with zero attached hydrogens (tertiary/aromatic N) is 2. The molecule has 0 bridgehead atoms. The second kappa shape index (κ2) is 14.6. The molecule has 0 saturated carbocycles. The van der Waals surface area contributed by atoms with E-state index in [1.807, 2.05) is 0 Å². The third-order valence-electron chi connectivity index (χ3n) is 4.40. The van der Waals surface area contributed by atoms with Crippen LogP contribution in [0.4, 0.5) is 5.69 Å². The molecule has 0 radical (unpaired) electrons. The molecule has 2 aromatic carbocycles. The van der Waals surface area contributed by atoms with Gasteiger partial charge in [-0.3, -0.25) is 4.79 Å². The number of aliphatic hydroxyl groups is 1. The Hall–Kier alpha value is -1.54. The van der Waals surface area contributed by atoms with E-state index >= 15 is 0 Å². The minimum absolute atomic E-state index is 0.0625. The molecule has 174 valence electrons. The molecule has 1 N–H and O–H groups in total. The monoisotopic (exact) mass is 580 g/mol. The maximum absolute atomic E-state index is 10.0. The summed E-state index contributed by atoms with van der Waals surface area (Å²) < 4.78 is 0. The first-order chi connectivity index (χ1) is 15.2. The van der Waals surface area contributed by atoms with Crippen LogP contribution in [0, 0.1) is 27.4 Å². The molecule has 4 nitrogen and oxygen atoms in total. The number of aryl methyl sites for hydroxylation is 3. The first kappa shape index (κ1) is 28.5. The summed E-state index contributed by atoms with van der Waals surface area (Å²) >= 11 is 7.27. The summed E-state index contributed by atoms with van der Waals surface area (Å²) in [7, 11) is 5.39. The third kappa shape index (κ3) is 9.53. The van der Waals surface area contributed by atoms with Crippen molar-refractivity contribution < 1.29 is 28.1 Å². The number of allylic oxidation sites excluding steroid dienone is 2. The fraction of sp³-hybridized carbons (Fsp3) is 0.250. The van der Waals surface area contributed by atoms with Gasteiger partial charge in [0.15, 0.2) is 5.78 Å². The van der Waals surface area contributed by atoms with Gasteiger partial charge in [-0.05, 0) is 75.8 Å². The Balaban J connectivity index is 0.000000488. The number of anilines is 1. The van der Waals surface area contributed by atoms with Gasteiger partial charge in [-0.1, -0.05) is 41.6 Å². The van der Waals surface area contributed by atoms with Crippen molar-refractivity contribution in [3.63, 3.8) is 0 Å². The van der Waals surface area contributed by atoms with Gasteiger partial charge in [0, 0.05) is 31.0 Å². The minimum atomic E-state index is -0.125. The molecule has 0 aromatic heterocycles. The fourth-order valence-electron chi connectivity index (χ4n) is 3.37. The van der Waals surface area contributed by atoms with Gasteiger partial charge in [0.2, 0.25) is 0 Å². The zero-order chi connectivity index (χ0) is 24.3. The molecule has 0 atom stereocenters. The number of ketones is 1. The summed E-state index contributed by atoms with van der Waals surface area (Å²) in [5.41, 5.74) is 6.48. The van der Waals surface area contributed by atoms with E-state index < -0.39 is 0 Å². The van der Waals surface area contributed by atoms with Crippen LogP contribution in [0.25, 0.3) is 0 Å². The topological polar surface area (TPSA) is 43.8 Å². The molecule has 0 amide bonds. The van der Waals surface area contributed by atoms with E-state index in [1.165, 1.54) is 53.2 Å². The van der Waals surface area contributed by atoms with E-state index in [9.17, 15) is 4.79 Å². The normalized spacial score (nSPS) is 12.8. The molecule has 8 heteroatoms. The average Bonchev–Trinajstić information content (AvgIpc) is 3.16. The Bertz CT molecular complexity index is 953. The van der Waals surface area contributed by atoms with Crippen molar-refractivity contribution in [2.24, 2.45) is 0 Å². The Morgan fingerprint density at radius 1 is 1.12 bits per heavy atom. The molecule has 32 heavy (non-hydrogen) atoms. The number of benzene rings is 2. The molecule has 3 rings (SSSR count). The standard InChI is InChI=1S/C19H20N2PS.C5H8O2.ClH.Pd/c1-14-10-15(2)19(16(3)11-14)21-9-8-20(13-21)12-17-4-6-18(22-23)7-5-17;1-4(6)3-5(2)7;;/h4-11,13H,12H2,1-3H3;3,6H,1-2H3;1H;/q-1;;;+2/p-1/b;4-3-;;. The summed E-state index contributed by atoms with van der Waals surface area (Å²) in [5, 5.41) is 9.54. The fourth-order valence-corrected chi connectivity index (χ4v) is 4.00. The molecule has 0 aliphatic carbocycles. The van der Waals surface area contributed by atoms with Crippen molar-refractivity contribution in [1.29, 1.82) is 0 Å². The van der Waals surface area contributed by atoms with Crippen molar-refractivity contribution in [3.8, 4) is 0 Å². The van der Waals surface area contributed by atoms with Crippen LogP contribution in [-0.2, 0) is 41.3 Å². The number of hydrogen-bond acceptors (Lipinski definition) is 5. The van der Waals surface area contributed by atoms with Crippen LogP contribution in [-0.4, -0.2) is 15.8 Å². The molecule has 1 heterocycles. The van der Waals surface area contributed by atoms with E-state index in [0.717, 1.165) is 13.9 Å². The maximum atomic E-state index is 10.0. The van der Waals surface area contributed by atoms with Gasteiger partial charge >= 0.3 is 27.7 Å². The Morgan fingerprint density at radius 2 is 1.69 bits per heavy atom. The zero-order valence-electron chi connectivity index (χ0n) is 18.8. The van der Waals surface area contributed by atoms with Crippen LogP contribution in [0.2, 0.25) is 0 Å². The molecule has 0 spiro atoms. The van der Waals surface area contributed by atoms with Gasteiger partial charge < -0.3 is 14.9 Å². The van der Waals surface area contributed by atoms with E-state index in [2.05, 4.69) is 114 Å². The van der Waals surface area contributed by atoms with Crippen molar-refractivity contribution in [3.05, 3.63) is 89.6 Å². The zero-order valence-corrected chi connectivity index (χ0v) is 22.8. The van der Waals surface area contributed by atoms with Crippen LogP contribution in [0.3, 0.4) is 0 Å². The quantitative estimate of drug-likeness (QED) is 0.148. The number of hydrogen-bond donors (Lipinski definition) is 1. The van der Waals surface area contributed by atoms with Crippen LogP contribution in [0.15, 0.2) is 60.6 Å². The molecule has 0 unspecified atom stereocenters. The summed E-state index contributed by atoms with van der Waals surface area (Å²) in [6, 6.07) is 13.0. The number of carbonyl (C=O) groups is 1. The van der Waals surface area contributed by atoms with Gasteiger partial charge in [0.25, 0.3) is 0 Å². The van der Waals surface area contributed by atoms with Crippen LogP contribution >= 0.6 is 16.9 Å². The van der Waals surface area contributed by atoms with E-state index in [4.69, 9.17) is 16.9 Å². The van der Waals surface area contributed by atoms with E-state index in [0.29, 0.717) is 0 Å². The molecule has 0 saturated heterocycles. The average molecular weight is 581 g/mol. The molecule has 1 aliphatic heterocycles.